The van der Waals surface area contributed by atoms with Gasteiger partial charge in [-0.15, -0.1) is 0 Å². The van der Waals surface area contributed by atoms with Crippen molar-refractivity contribution in [2.45, 2.75) is 18.2 Å². The first-order valence-electron chi connectivity index (χ1n) is 4.79. The normalized spacial score (nSPS) is 11.3. The van der Waals surface area contributed by atoms with Gasteiger partial charge in [-0.2, -0.15) is 0 Å². The summed E-state index contributed by atoms with van der Waals surface area (Å²) in [6.07, 6.45) is 2.12. The predicted molar refractivity (Wildman–Crippen MR) is 62.7 cm³/mol. The molecule has 0 aliphatic carbocycles. The Labute approximate surface area is 90.4 Å². The molecule has 0 fully saturated rings. The number of hydrogen-bond acceptors (Lipinski definition) is 4. The van der Waals surface area contributed by atoms with Crippen molar-refractivity contribution in [3.8, 4) is 0 Å². The molecule has 0 aliphatic rings. The van der Waals surface area contributed by atoms with Crippen LogP contribution >= 0.6 is 0 Å². The van der Waals surface area contributed by atoms with Gasteiger partial charge in [0.15, 0.2) is 9.84 Å². The van der Waals surface area contributed by atoms with E-state index in [1.807, 2.05) is 6.92 Å². The van der Waals surface area contributed by atoms with Crippen LogP contribution < -0.4 is 11.1 Å². The van der Waals surface area contributed by atoms with Crippen molar-refractivity contribution in [2.75, 3.05) is 23.9 Å². The van der Waals surface area contributed by atoms with Crippen LogP contribution in [0.15, 0.2) is 23.1 Å². The quantitative estimate of drug-likeness (QED) is 0.766. The zero-order valence-corrected chi connectivity index (χ0v) is 9.76. The van der Waals surface area contributed by atoms with E-state index in [4.69, 9.17) is 5.73 Å². The molecule has 1 rings (SSSR count). The van der Waals surface area contributed by atoms with Crippen molar-refractivity contribution < 1.29 is 8.42 Å². The lowest BCUT2D eigenvalue weighted by atomic mass is 10.2. The molecule has 0 heterocycles. The van der Waals surface area contributed by atoms with Crippen molar-refractivity contribution in [3.05, 3.63) is 18.2 Å². The average Bonchev–Trinajstić information content (AvgIpc) is 2.14. The van der Waals surface area contributed by atoms with E-state index in [0.717, 1.165) is 19.2 Å². The lowest BCUT2D eigenvalue weighted by Crippen LogP contribution is -2.07. The Bertz CT molecular complexity index is 441. The summed E-state index contributed by atoms with van der Waals surface area (Å²) in [6, 6.07) is 4.98. The first-order valence-corrected chi connectivity index (χ1v) is 6.68. The molecule has 3 N–H and O–H groups in total. The van der Waals surface area contributed by atoms with Gasteiger partial charge in [-0.1, -0.05) is 13.0 Å². The highest BCUT2D eigenvalue weighted by Gasteiger charge is 2.13. The first kappa shape index (κ1) is 11.8. The number of anilines is 2. The van der Waals surface area contributed by atoms with E-state index in [0.29, 0.717) is 11.4 Å². The van der Waals surface area contributed by atoms with Crippen LogP contribution in [-0.2, 0) is 9.84 Å². The largest absolute Gasteiger partial charge is 0.396 e. The lowest BCUT2D eigenvalue weighted by Gasteiger charge is -2.11. The van der Waals surface area contributed by atoms with Crippen LogP contribution in [0.25, 0.3) is 0 Å². The standard InChI is InChI=1S/C10H16N2O2S/c1-3-7-12-8-5-4-6-9(10(8)11)15(2,13)14/h4-6,12H,3,7,11H2,1-2H3. The molecule has 0 radical (unpaired) electrons. The van der Waals surface area contributed by atoms with Crippen molar-refractivity contribution in [1.29, 1.82) is 0 Å². The maximum atomic E-state index is 11.4. The smallest absolute Gasteiger partial charge is 0.177 e. The number of para-hydroxylation sites is 1. The summed E-state index contributed by atoms with van der Waals surface area (Å²) in [6.45, 7) is 2.81. The van der Waals surface area contributed by atoms with Crippen molar-refractivity contribution in [1.82, 2.24) is 0 Å². The molecule has 0 aliphatic heterocycles. The Morgan fingerprint density at radius 2 is 2.07 bits per heavy atom. The van der Waals surface area contributed by atoms with Gasteiger partial charge >= 0.3 is 0 Å². The van der Waals surface area contributed by atoms with E-state index < -0.39 is 9.84 Å². The number of hydrogen-bond donors (Lipinski definition) is 2. The average molecular weight is 228 g/mol. The van der Waals surface area contributed by atoms with Gasteiger partial charge < -0.3 is 11.1 Å². The van der Waals surface area contributed by atoms with Crippen LogP contribution in [0.1, 0.15) is 13.3 Å². The minimum Gasteiger partial charge on any atom is -0.396 e. The molecule has 0 spiro atoms. The number of nitrogens with one attached hydrogen (secondary N) is 1. The number of nitrogen functional groups attached to an aromatic ring is 1. The van der Waals surface area contributed by atoms with Crippen LogP contribution in [-0.4, -0.2) is 21.2 Å². The molecule has 4 nitrogen and oxygen atoms in total. The van der Waals surface area contributed by atoms with Crippen LogP contribution in [0.4, 0.5) is 11.4 Å². The molecule has 15 heavy (non-hydrogen) atoms. The van der Waals surface area contributed by atoms with Crippen molar-refractivity contribution in [2.24, 2.45) is 0 Å². The summed E-state index contributed by atoms with van der Waals surface area (Å²) in [4.78, 5) is 0.184. The number of sulfone groups is 1. The van der Waals surface area contributed by atoms with Crippen LogP contribution in [0, 0.1) is 0 Å². The summed E-state index contributed by atoms with van der Waals surface area (Å²) in [5, 5.41) is 3.09. The number of nitrogens with two attached hydrogens (primary N) is 1. The molecule has 84 valence electrons. The zero-order valence-electron chi connectivity index (χ0n) is 8.95. The Kier molecular flexibility index (Phi) is 3.57. The maximum absolute atomic E-state index is 11.4. The summed E-state index contributed by atoms with van der Waals surface area (Å²) >= 11 is 0. The Hall–Kier alpha value is -1.23. The second-order valence-electron chi connectivity index (χ2n) is 3.42. The summed E-state index contributed by atoms with van der Waals surface area (Å²) in [5.41, 5.74) is 6.75. The SMILES string of the molecule is CCCNc1cccc(S(C)(=O)=O)c1N. The highest BCUT2D eigenvalue weighted by molar-refractivity contribution is 7.90. The highest BCUT2D eigenvalue weighted by Crippen LogP contribution is 2.26. The molecule has 0 saturated heterocycles. The maximum Gasteiger partial charge on any atom is 0.177 e. The molecule has 1 aromatic rings. The van der Waals surface area contributed by atoms with Crippen LogP contribution in [0.3, 0.4) is 0 Å². The Morgan fingerprint density at radius 3 is 2.60 bits per heavy atom. The topological polar surface area (TPSA) is 72.2 Å². The molecule has 0 aromatic heterocycles. The van der Waals surface area contributed by atoms with E-state index in [1.165, 1.54) is 6.07 Å². The van der Waals surface area contributed by atoms with E-state index >= 15 is 0 Å². The third kappa shape index (κ3) is 2.86. The fourth-order valence-corrected chi connectivity index (χ4v) is 2.12. The van der Waals surface area contributed by atoms with Gasteiger partial charge in [-0.05, 0) is 18.6 Å². The molecular formula is C10H16N2O2S. The second kappa shape index (κ2) is 4.53. The third-order valence-corrected chi connectivity index (χ3v) is 3.19. The van der Waals surface area contributed by atoms with Gasteiger partial charge in [-0.3, -0.25) is 0 Å². The molecular weight excluding hydrogens is 212 g/mol. The Balaban J connectivity index is 3.12. The second-order valence-corrected chi connectivity index (χ2v) is 5.40. The van der Waals surface area contributed by atoms with E-state index in [2.05, 4.69) is 5.32 Å². The predicted octanol–water partition coefficient (Wildman–Crippen LogP) is 1.49. The van der Waals surface area contributed by atoms with Crippen LogP contribution in [0.5, 0.6) is 0 Å². The summed E-state index contributed by atoms with van der Waals surface area (Å²) in [7, 11) is -3.25. The van der Waals surface area contributed by atoms with Gasteiger partial charge in [-0.25, -0.2) is 8.42 Å². The minimum atomic E-state index is -3.25. The minimum absolute atomic E-state index is 0.184. The Morgan fingerprint density at radius 1 is 1.40 bits per heavy atom. The van der Waals surface area contributed by atoms with E-state index in [-0.39, 0.29) is 4.90 Å². The van der Waals surface area contributed by atoms with Crippen molar-refractivity contribution in [3.63, 3.8) is 0 Å². The zero-order chi connectivity index (χ0) is 11.5. The van der Waals surface area contributed by atoms with Crippen LogP contribution in [0.2, 0.25) is 0 Å². The summed E-state index contributed by atoms with van der Waals surface area (Å²) in [5.74, 6) is 0. The summed E-state index contributed by atoms with van der Waals surface area (Å²) < 4.78 is 22.7. The molecule has 0 atom stereocenters. The molecule has 0 bridgehead atoms. The van der Waals surface area contributed by atoms with Gasteiger partial charge in [0.2, 0.25) is 0 Å². The van der Waals surface area contributed by atoms with Crippen molar-refractivity contribution >= 4 is 21.2 Å². The lowest BCUT2D eigenvalue weighted by molar-refractivity contribution is 0.602. The van der Waals surface area contributed by atoms with Gasteiger partial charge in [0, 0.05) is 12.8 Å². The molecule has 0 unspecified atom stereocenters. The van der Waals surface area contributed by atoms with Gasteiger partial charge in [0.1, 0.15) is 0 Å². The van der Waals surface area contributed by atoms with E-state index in [1.54, 1.807) is 12.1 Å². The van der Waals surface area contributed by atoms with Gasteiger partial charge in [0.25, 0.3) is 0 Å². The van der Waals surface area contributed by atoms with Gasteiger partial charge in [0.05, 0.1) is 16.3 Å². The fourth-order valence-electron chi connectivity index (χ4n) is 1.28. The fraction of sp³-hybridized carbons (Fsp3) is 0.400. The number of benzene rings is 1. The number of rotatable bonds is 4. The molecule has 5 heteroatoms. The molecule has 0 saturated carbocycles. The monoisotopic (exact) mass is 228 g/mol. The third-order valence-electron chi connectivity index (χ3n) is 2.03. The molecule has 1 aromatic carbocycles. The highest BCUT2D eigenvalue weighted by atomic mass is 32.2. The van der Waals surface area contributed by atoms with E-state index in [9.17, 15) is 8.42 Å². The molecule has 0 amide bonds. The first-order chi connectivity index (χ1) is 6.96.